The van der Waals surface area contributed by atoms with Gasteiger partial charge in [-0.2, -0.15) is 5.06 Å². The standard InChI is InChI=1S/C17H29NOSi/c1-8-12-16(15-13-10-9-11-14-15)18(17(2,3)4)19-20(5,6)7/h8-11,13-14,16H,1,12H2,2-7H3. The summed E-state index contributed by atoms with van der Waals surface area (Å²) in [6.07, 6.45) is 2.86. The highest BCUT2D eigenvalue weighted by Gasteiger charge is 2.34. The van der Waals surface area contributed by atoms with Crippen molar-refractivity contribution in [2.75, 3.05) is 0 Å². The van der Waals surface area contributed by atoms with Crippen LogP contribution >= 0.6 is 0 Å². The van der Waals surface area contributed by atoms with Gasteiger partial charge in [-0.1, -0.05) is 36.4 Å². The molecule has 3 heteroatoms. The molecule has 0 aliphatic carbocycles. The fraction of sp³-hybridized carbons (Fsp3) is 0.529. The molecule has 0 amide bonds. The summed E-state index contributed by atoms with van der Waals surface area (Å²) >= 11 is 0. The highest BCUT2D eigenvalue weighted by atomic mass is 28.4. The molecular weight excluding hydrogens is 262 g/mol. The molecule has 0 saturated carbocycles. The maximum Gasteiger partial charge on any atom is 0.212 e. The second-order valence-electron chi connectivity index (χ2n) is 7.15. The Morgan fingerprint density at radius 3 is 2.15 bits per heavy atom. The zero-order chi connectivity index (χ0) is 15.4. The largest absolute Gasteiger partial charge is 0.342 e. The van der Waals surface area contributed by atoms with Crippen molar-refractivity contribution in [2.24, 2.45) is 0 Å². The van der Waals surface area contributed by atoms with Gasteiger partial charge in [0.1, 0.15) is 0 Å². The zero-order valence-electron chi connectivity index (χ0n) is 13.8. The van der Waals surface area contributed by atoms with E-state index in [2.05, 4.69) is 82.4 Å². The van der Waals surface area contributed by atoms with Gasteiger partial charge in [0.15, 0.2) is 0 Å². The van der Waals surface area contributed by atoms with Crippen molar-refractivity contribution in [3.8, 4) is 0 Å². The van der Waals surface area contributed by atoms with Crippen LogP contribution in [-0.4, -0.2) is 18.9 Å². The lowest BCUT2D eigenvalue weighted by Gasteiger charge is -2.44. The molecule has 0 bridgehead atoms. The molecule has 1 atom stereocenters. The fourth-order valence-corrected chi connectivity index (χ4v) is 3.15. The van der Waals surface area contributed by atoms with Gasteiger partial charge in [-0.15, -0.1) is 6.58 Å². The third kappa shape index (κ3) is 5.23. The van der Waals surface area contributed by atoms with E-state index in [0.29, 0.717) is 0 Å². The van der Waals surface area contributed by atoms with E-state index < -0.39 is 8.32 Å². The number of rotatable bonds is 6. The van der Waals surface area contributed by atoms with Gasteiger partial charge >= 0.3 is 0 Å². The van der Waals surface area contributed by atoms with Gasteiger partial charge in [-0.3, -0.25) is 0 Å². The van der Waals surface area contributed by atoms with Crippen molar-refractivity contribution < 1.29 is 4.53 Å². The summed E-state index contributed by atoms with van der Waals surface area (Å²) in [7, 11) is -1.66. The number of nitrogens with zero attached hydrogens (tertiary/aromatic N) is 1. The Labute approximate surface area is 125 Å². The van der Waals surface area contributed by atoms with E-state index in [0.717, 1.165) is 6.42 Å². The topological polar surface area (TPSA) is 12.5 Å². The molecule has 0 aliphatic heterocycles. The van der Waals surface area contributed by atoms with Crippen LogP contribution in [0.4, 0.5) is 0 Å². The van der Waals surface area contributed by atoms with Crippen molar-refractivity contribution in [3.05, 3.63) is 48.6 Å². The highest BCUT2D eigenvalue weighted by Crippen LogP contribution is 2.33. The van der Waals surface area contributed by atoms with Crippen LogP contribution in [0.1, 0.15) is 38.8 Å². The molecule has 0 heterocycles. The predicted octanol–water partition coefficient (Wildman–Crippen LogP) is 5.17. The SMILES string of the molecule is C=CCC(c1ccccc1)N(O[Si](C)(C)C)C(C)(C)C. The first-order valence-electron chi connectivity index (χ1n) is 7.29. The van der Waals surface area contributed by atoms with Gasteiger partial charge in [-0.25, -0.2) is 0 Å². The average molecular weight is 292 g/mol. The van der Waals surface area contributed by atoms with E-state index in [1.165, 1.54) is 5.56 Å². The van der Waals surface area contributed by atoms with E-state index in [1.807, 2.05) is 6.08 Å². The van der Waals surface area contributed by atoms with Crippen molar-refractivity contribution in [1.29, 1.82) is 0 Å². The third-order valence-electron chi connectivity index (χ3n) is 2.89. The molecule has 0 aliphatic rings. The average Bonchev–Trinajstić information content (AvgIpc) is 2.32. The molecule has 0 N–H and O–H groups in total. The smallest absolute Gasteiger partial charge is 0.212 e. The van der Waals surface area contributed by atoms with E-state index in [1.54, 1.807) is 0 Å². The van der Waals surface area contributed by atoms with Gasteiger partial charge in [-0.05, 0) is 52.4 Å². The highest BCUT2D eigenvalue weighted by molar-refractivity contribution is 6.69. The first-order chi connectivity index (χ1) is 9.15. The molecule has 0 saturated heterocycles. The summed E-state index contributed by atoms with van der Waals surface area (Å²) in [6, 6.07) is 10.8. The molecule has 1 aromatic carbocycles. The third-order valence-corrected chi connectivity index (χ3v) is 3.64. The first kappa shape index (κ1) is 17.1. The second-order valence-corrected chi connectivity index (χ2v) is 11.6. The van der Waals surface area contributed by atoms with E-state index in [4.69, 9.17) is 4.53 Å². The Kier molecular flexibility index (Phi) is 5.75. The van der Waals surface area contributed by atoms with Crippen LogP contribution in [0.25, 0.3) is 0 Å². The molecule has 0 fully saturated rings. The minimum Gasteiger partial charge on any atom is -0.342 e. The van der Waals surface area contributed by atoms with Gasteiger partial charge in [0.2, 0.25) is 8.32 Å². The van der Waals surface area contributed by atoms with Gasteiger partial charge in [0.25, 0.3) is 0 Å². The van der Waals surface area contributed by atoms with Crippen LogP contribution in [0.15, 0.2) is 43.0 Å². The first-order valence-corrected chi connectivity index (χ1v) is 10.7. The lowest BCUT2D eigenvalue weighted by atomic mass is 9.98. The maximum absolute atomic E-state index is 6.40. The summed E-state index contributed by atoms with van der Waals surface area (Å²) in [5, 5.41) is 2.18. The van der Waals surface area contributed by atoms with Crippen LogP contribution in [0.2, 0.25) is 19.6 Å². The summed E-state index contributed by atoms with van der Waals surface area (Å²) in [6.45, 7) is 17.2. The lowest BCUT2D eigenvalue weighted by molar-refractivity contribution is -0.168. The van der Waals surface area contributed by atoms with Crippen molar-refractivity contribution in [2.45, 2.75) is 58.4 Å². The summed E-state index contributed by atoms with van der Waals surface area (Å²) < 4.78 is 6.40. The van der Waals surface area contributed by atoms with Crippen LogP contribution in [0.5, 0.6) is 0 Å². The predicted molar refractivity (Wildman–Crippen MR) is 90.0 cm³/mol. The van der Waals surface area contributed by atoms with E-state index in [-0.39, 0.29) is 11.6 Å². The van der Waals surface area contributed by atoms with Gasteiger partial charge in [0.05, 0.1) is 6.04 Å². The Balaban J connectivity index is 3.15. The van der Waals surface area contributed by atoms with Crippen LogP contribution in [-0.2, 0) is 4.53 Å². The van der Waals surface area contributed by atoms with Crippen molar-refractivity contribution in [3.63, 3.8) is 0 Å². The van der Waals surface area contributed by atoms with Gasteiger partial charge < -0.3 is 4.53 Å². The summed E-state index contributed by atoms with van der Waals surface area (Å²) in [5.41, 5.74) is 1.23. The van der Waals surface area contributed by atoms with Crippen molar-refractivity contribution >= 4 is 8.32 Å². The molecule has 0 aromatic heterocycles. The molecule has 0 spiro atoms. The molecular formula is C17H29NOSi. The minimum absolute atomic E-state index is 0.0518. The van der Waals surface area contributed by atoms with Crippen LogP contribution < -0.4 is 0 Å². The Morgan fingerprint density at radius 1 is 1.20 bits per heavy atom. The number of hydroxylamine groups is 2. The Bertz CT molecular complexity index is 417. The molecule has 1 aromatic rings. The summed E-state index contributed by atoms with van der Waals surface area (Å²) in [5.74, 6) is 0. The Morgan fingerprint density at radius 2 is 1.75 bits per heavy atom. The number of hydrogen-bond acceptors (Lipinski definition) is 2. The molecule has 1 rings (SSSR count). The van der Waals surface area contributed by atoms with E-state index >= 15 is 0 Å². The molecule has 1 unspecified atom stereocenters. The van der Waals surface area contributed by atoms with Crippen LogP contribution in [0.3, 0.4) is 0 Å². The second kappa shape index (κ2) is 6.70. The number of hydrogen-bond donors (Lipinski definition) is 0. The lowest BCUT2D eigenvalue weighted by Crippen LogP contribution is -2.49. The quantitative estimate of drug-likeness (QED) is 0.407. The summed E-state index contributed by atoms with van der Waals surface area (Å²) in [4.78, 5) is 0. The fourth-order valence-electron chi connectivity index (χ4n) is 2.16. The maximum atomic E-state index is 6.40. The van der Waals surface area contributed by atoms with Crippen LogP contribution in [0, 0.1) is 0 Å². The van der Waals surface area contributed by atoms with Gasteiger partial charge in [0, 0.05) is 5.54 Å². The molecule has 20 heavy (non-hydrogen) atoms. The minimum atomic E-state index is -1.66. The normalized spacial score (nSPS) is 14.3. The zero-order valence-corrected chi connectivity index (χ0v) is 14.8. The van der Waals surface area contributed by atoms with E-state index in [9.17, 15) is 0 Å². The number of benzene rings is 1. The molecule has 2 nitrogen and oxygen atoms in total. The monoisotopic (exact) mass is 291 g/mol. The van der Waals surface area contributed by atoms with Crippen molar-refractivity contribution in [1.82, 2.24) is 5.06 Å². The Hall–Kier alpha value is -0.903. The molecule has 112 valence electrons. The molecule has 0 radical (unpaired) electrons.